The number of carbonyl (C=O) groups excluding carboxylic acids is 1. The largest absolute Gasteiger partial charge is 1.00 e. The fraction of sp³-hybridized carbons (Fsp3) is 0.600. The number of carbonyl (C=O) groups is 1. The summed E-state index contributed by atoms with van der Waals surface area (Å²) in [5.41, 5.74) is 0. The van der Waals surface area contributed by atoms with Gasteiger partial charge >= 0.3 is 29.6 Å². The van der Waals surface area contributed by atoms with Gasteiger partial charge in [-0.05, 0) is 19.1 Å². The molecule has 0 aliphatic rings. The molecule has 0 aromatic rings. The first kappa shape index (κ1) is 16.5. The van der Waals surface area contributed by atoms with Crippen LogP contribution >= 0.6 is 12.2 Å². The van der Waals surface area contributed by atoms with E-state index in [1.807, 2.05) is 0 Å². The Bertz CT molecular complexity index is 301. The first-order valence-electron chi connectivity index (χ1n) is 3.24. The number of carboxylic acid groups (broad SMARTS) is 1. The molecular weight excluding hydrogens is 241 g/mol. The van der Waals surface area contributed by atoms with Crippen LogP contribution in [0.1, 0.15) is 6.92 Å². The zero-order valence-electron chi connectivity index (χ0n) is 7.77. The van der Waals surface area contributed by atoms with Gasteiger partial charge in [0, 0.05) is 0 Å². The number of hydrogen-bond donors (Lipinski definition) is 1. The van der Waals surface area contributed by atoms with Gasteiger partial charge in [-0.2, -0.15) is 0 Å². The van der Waals surface area contributed by atoms with E-state index >= 15 is 0 Å². The molecule has 6 nitrogen and oxygen atoms in total. The number of ether oxygens (including phenoxy) is 1. The molecule has 0 aromatic carbocycles. The Balaban J connectivity index is 0. The molecule has 0 atom stereocenters. The van der Waals surface area contributed by atoms with Gasteiger partial charge in [-0.1, -0.05) is 0 Å². The van der Waals surface area contributed by atoms with E-state index in [0.29, 0.717) is 0 Å². The van der Waals surface area contributed by atoms with Crippen LogP contribution in [0.3, 0.4) is 0 Å². The van der Waals surface area contributed by atoms with Gasteiger partial charge in [-0.25, -0.2) is 13.1 Å². The Labute approximate surface area is 109 Å². The maximum atomic E-state index is 10.8. The molecule has 0 aliphatic heterocycles. The van der Waals surface area contributed by atoms with Crippen molar-refractivity contribution in [2.75, 3.05) is 12.4 Å². The smallest absolute Gasteiger partial charge is 0.549 e. The Kier molecular flexibility index (Phi) is 8.75. The molecule has 0 radical (unpaired) electrons. The van der Waals surface area contributed by atoms with Gasteiger partial charge in [0.05, 0.1) is 12.6 Å². The summed E-state index contributed by atoms with van der Waals surface area (Å²) in [6, 6.07) is 0. The number of carboxylic acids is 1. The van der Waals surface area contributed by atoms with E-state index in [2.05, 4.69) is 17.0 Å². The van der Waals surface area contributed by atoms with Crippen LogP contribution in [0.5, 0.6) is 0 Å². The number of nitrogens with one attached hydrogen (secondary N) is 1. The third-order valence-corrected chi connectivity index (χ3v) is 2.28. The normalized spacial score (nSPS) is 9.79. The van der Waals surface area contributed by atoms with Crippen LogP contribution in [0.25, 0.3) is 0 Å². The Hall–Kier alpha value is 0.110. The molecule has 14 heavy (non-hydrogen) atoms. The molecule has 9 heteroatoms. The first-order chi connectivity index (χ1) is 5.87. The average molecular weight is 249 g/mol. The Morgan fingerprint density at radius 3 is 2.43 bits per heavy atom. The van der Waals surface area contributed by atoms with Crippen LogP contribution in [-0.2, 0) is 19.6 Å². The second kappa shape index (κ2) is 7.41. The van der Waals surface area contributed by atoms with Crippen LogP contribution in [-0.4, -0.2) is 31.9 Å². The monoisotopic (exact) mass is 249 g/mol. The summed E-state index contributed by atoms with van der Waals surface area (Å²) < 4.78 is 28.0. The van der Waals surface area contributed by atoms with E-state index < -0.39 is 21.7 Å². The zero-order valence-corrected chi connectivity index (χ0v) is 11.4. The van der Waals surface area contributed by atoms with Crippen LogP contribution in [0.15, 0.2) is 0 Å². The summed E-state index contributed by atoms with van der Waals surface area (Å²) in [6.45, 7) is 1.81. The molecule has 0 fully saturated rings. The fourth-order valence-corrected chi connectivity index (χ4v) is 1.67. The average Bonchev–Trinajstić information content (AvgIpc) is 1.81. The van der Waals surface area contributed by atoms with Crippen molar-refractivity contribution in [3.63, 3.8) is 0 Å². The molecule has 0 spiro atoms. The Morgan fingerprint density at radius 1 is 1.57 bits per heavy atom. The predicted octanol–water partition coefficient (Wildman–Crippen LogP) is -5.02. The van der Waals surface area contributed by atoms with Gasteiger partial charge in [-0.3, -0.25) is 0 Å². The maximum Gasteiger partial charge on any atom is 1.00 e. The molecule has 76 valence electrons. The molecule has 0 aromatic heterocycles. The molecule has 0 bridgehead atoms. The number of aliphatic carboxylic acids is 1. The van der Waals surface area contributed by atoms with E-state index in [0.717, 1.165) is 0 Å². The summed E-state index contributed by atoms with van der Waals surface area (Å²) in [5.74, 6) is -2.84. The van der Waals surface area contributed by atoms with Crippen LogP contribution in [0.2, 0.25) is 0 Å². The van der Waals surface area contributed by atoms with Crippen molar-refractivity contribution < 1.29 is 52.6 Å². The zero-order chi connectivity index (χ0) is 10.5. The second-order valence-corrected chi connectivity index (χ2v) is 4.05. The molecule has 0 heterocycles. The molecule has 0 aliphatic carbocycles. The van der Waals surface area contributed by atoms with E-state index in [-0.39, 0.29) is 41.3 Å². The SMILES string of the molecule is CCOC(=S)NS(=O)(=O)CC(=O)[O-].[Na+]. The summed E-state index contributed by atoms with van der Waals surface area (Å²) in [6.07, 6.45) is 0. The van der Waals surface area contributed by atoms with Gasteiger partial charge < -0.3 is 14.6 Å². The van der Waals surface area contributed by atoms with Gasteiger partial charge in [0.25, 0.3) is 5.17 Å². The van der Waals surface area contributed by atoms with Crippen molar-refractivity contribution in [1.82, 2.24) is 4.72 Å². The molecule has 0 saturated carbocycles. The summed E-state index contributed by atoms with van der Waals surface area (Å²) in [4.78, 5) is 9.94. The maximum absolute atomic E-state index is 10.8. The summed E-state index contributed by atoms with van der Waals surface area (Å²) in [5, 5.41) is 9.57. The molecule has 0 unspecified atom stereocenters. The quantitative estimate of drug-likeness (QED) is 0.396. The minimum atomic E-state index is -3.98. The van der Waals surface area contributed by atoms with E-state index in [1.54, 1.807) is 11.6 Å². The van der Waals surface area contributed by atoms with Crippen LogP contribution < -0.4 is 39.4 Å². The number of hydrogen-bond acceptors (Lipinski definition) is 6. The molecule has 0 rings (SSSR count). The third kappa shape index (κ3) is 8.70. The van der Waals surface area contributed by atoms with E-state index in [4.69, 9.17) is 0 Å². The summed E-state index contributed by atoms with van der Waals surface area (Å²) in [7, 11) is -3.98. The molecule has 1 N–H and O–H groups in total. The van der Waals surface area contributed by atoms with Crippen LogP contribution in [0.4, 0.5) is 0 Å². The number of rotatable bonds is 4. The number of thiocarbonyl (C=S) groups is 1. The number of sulfonamides is 1. The minimum absolute atomic E-state index is 0. The molecule has 0 amide bonds. The fourth-order valence-electron chi connectivity index (χ4n) is 0.479. The van der Waals surface area contributed by atoms with Crippen molar-refractivity contribution in [2.45, 2.75) is 6.92 Å². The first-order valence-corrected chi connectivity index (χ1v) is 5.30. The van der Waals surface area contributed by atoms with Gasteiger partial charge in [0.1, 0.15) is 5.75 Å². The topological polar surface area (TPSA) is 95.5 Å². The van der Waals surface area contributed by atoms with E-state index in [1.165, 1.54) is 0 Å². The second-order valence-electron chi connectivity index (χ2n) is 1.95. The van der Waals surface area contributed by atoms with Crippen molar-refractivity contribution in [3.8, 4) is 0 Å². The van der Waals surface area contributed by atoms with Crippen LogP contribution in [0, 0.1) is 0 Å². The van der Waals surface area contributed by atoms with Crippen molar-refractivity contribution in [2.24, 2.45) is 0 Å². The van der Waals surface area contributed by atoms with Gasteiger partial charge in [-0.15, -0.1) is 0 Å². The van der Waals surface area contributed by atoms with Crippen molar-refractivity contribution >= 4 is 33.4 Å². The standard InChI is InChI=1S/C5H9NO5S2.Na/c1-2-11-5(12)6-13(9,10)3-4(7)8;/h2-3H2,1H3,(H,6,12)(H,7,8);/q;+1/p-1. The Morgan fingerprint density at radius 2 is 2.07 bits per heavy atom. The predicted molar refractivity (Wildman–Crippen MR) is 46.2 cm³/mol. The molecule has 0 saturated heterocycles. The van der Waals surface area contributed by atoms with Crippen molar-refractivity contribution in [3.05, 3.63) is 0 Å². The third-order valence-electron chi connectivity index (χ3n) is 0.822. The van der Waals surface area contributed by atoms with Gasteiger partial charge in [0.15, 0.2) is 0 Å². The van der Waals surface area contributed by atoms with Crippen molar-refractivity contribution in [1.29, 1.82) is 0 Å². The molecular formula is C5H8NNaO5S2. The summed E-state index contributed by atoms with van der Waals surface area (Å²) >= 11 is 4.43. The minimum Gasteiger partial charge on any atom is -0.549 e. The van der Waals surface area contributed by atoms with E-state index in [9.17, 15) is 18.3 Å². The van der Waals surface area contributed by atoms with Gasteiger partial charge in [0.2, 0.25) is 10.0 Å².